The zero-order chi connectivity index (χ0) is 26.1. The molecule has 1 aliphatic rings. The minimum Gasteiger partial charge on any atom is -0.388 e. The van der Waals surface area contributed by atoms with Gasteiger partial charge in [-0.1, -0.05) is 49.8 Å². The molecule has 1 aliphatic heterocycles. The Hall–Kier alpha value is -4.14. The minimum absolute atomic E-state index is 0.0236. The van der Waals surface area contributed by atoms with Crippen LogP contribution in [0.1, 0.15) is 45.8 Å². The molecular weight excluding hydrogens is 457 g/mol. The quantitative estimate of drug-likeness (QED) is 0.286. The van der Waals surface area contributed by atoms with Gasteiger partial charge in [0.15, 0.2) is 11.2 Å². The Morgan fingerprint density at radius 3 is 2.64 bits per heavy atom. The van der Waals surface area contributed by atoms with Crippen molar-refractivity contribution in [2.24, 2.45) is 5.41 Å². The number of hydrogen-bond acceptors (Lipinski definition) is 6. The maximum Gasteiger partial charge on any atom is 0.257 e. The number of nitrogens with zero attached hydrogens (tertiary/aromatic N) is 5. The lowest BCUT2D eigenvalue weighted by atomic mass is 9.77. The van der Waals surface area contributed by atoms with Crippen LogP contribution in [0.25, 0.3) is 11.2 Å². The number of allylic oxidation sites excluding steroid dienone is 10. The fourth-order valence-electron chi connectivity index (χ4n) is 3.77. The number of aromatic amines is 1. The van der Waals surface area contributed by atoms with Crippen molar-refractivity contribution >= 4 is 17.1 Å². The molecule has 0 saturated carbocycles. The van der Waals surface area contributed by atoms with Crippen molar-refractivity contribution in [3.8, 4) is 0 Å². The van der Waals surface area contributed by atoms with Crippen LogP contribution in [0.5, 0.6) is 0 Å². The van der Waals surface area contributed by atoms with E-state index in [0.717, 1.165) is 30.4 Å². The van der Waals surface area contributed by atoms with Crippen molar-refractivity contribution in [1.29, 1.82) is 0 Å². The molecular formula is C27H32FN7O. The lowest BCUT2D eigenvalue weighted by Gasteiger charge is -2.33. The number of fused-ring (bicyclic) bond motifs is 1. The van der Waals surface area contributed by atoms with Crippen LogP contribution in [0, 0.1) is 11.4 Å². The summed E-state index contributed by atoms with van der Waals surface area (Å²) in [6, 6.07) is 0. The first-order chi connectivity index (χ1) is 17.2. The molecule has 0 saturated heterocycles. The fraction of sp³-hybridized carbons (Fsp3) is 0.296. The van der Waals surface area contributed by atoms with Gasteiger partial charge in [0.25, 0.3) is 5.91 Å². The van der Waals surface area contributed by atoms with Crippen molar-refractivity contribution in [3.05, 3.63) is 96.2 Å². The van der Waals surface area contributed by atoms with Gasteiger partial charge < -0.3 is 10.3 Å². The third-order valence-electron chi connectivity index (χ3n) is 5.79. The van der Waals surface area contributed by atoms with Crippen LogP contribution >= 0.6 is 0 Å². The second kappa shape index (κ2) is 12.0. The normalized spacial score (nSPS) is 16.4. The number of imidazole rings is 2. The Balaban J connectivity index is 0.000000642. The molecule has 0 bridgehead atoms. The summed E-state index contributed by atoms with van der Waals surface area (Å²) in [6.45, 7) is 11.5. The van der Waals surface area contributed by atoms with E-state index in [9.17, 15) is 9.18 Å². The summed E-state index contributed by atoms with van der Waals surface area (Å²) in [6.07, 6.45) is 20.0. The van der Waals surface area contributed by atoms with Gasteiger partial charge in [0.05, 0.1) is 6.33 Å². The summed E-state index contributed by atoms with van der Waals surface area (Å²) < 4.78 is 14.8. The van der Waals surface area contributed by atoms with Crippen LogP contribution in [0.4, 0.5) is 4.39 Å². The molecule has 3 aromatic heterocycles. The van der Waals surface area contributed by atoms with E-state index in [-0.39, 0.29) is 22.5 Å². The smallest absolute Gasteiger partial charge is 0.257 e. The molecule has 0 fully saturated rings. The Morgan fingerprint density at radius 1 is 1.17 bits per heavy atom. The molecule has 188 valence electrons. The highest BCUT2D eigenvalue weighted by Crippen LogP contribution is 2.35. The number of rotatable bonds is 5. The van der Waals surface area contributed by atoms with Crippen molar-refractivity contribution in [2.75, 3.05) is 6.54 Å². The average Bonchev–Trinajstić information content (AvgIpc) is 3.52. The van der Waals surface area contributed by atoms with Crippen LogP contribution in [0.2, 0.25) is 0 Å². The van der Waals surface area contributed by atoms with E-state index < -0.39 is 5.95 Å². The predicted molar refractivity (Wildman–Crippen MR) is 139 cm³/mol. The van der Waals surface area contributed by atoms with E-state index in [1.807, 2.05) is 32.1 Å². The molecule has 3 aromatic rings. The van der Waals surface area contributed by atoms with Gasteiger partial charge in [0.1, 0.15) is 12.7 Å². The molecule has 36 heavy (non-hydrogen) atoms. The SMILES string of the molecule is CC1=C(/C=C/C(C)=C/C=C/C(C)=C/C(=O)n2cnc3c(F)ncnc32)C(C)(C)CCN1.c1c[nH]cn1. The first-order valence-corrected chi connectivity index (χ1v) is 11.7. The monoisotopic (exact) mass is 489 g/mol. The van der Waals surface area contributed by atoms with Gasteiger partial charge in [-0.05, 0) is 43.8 Å². The third-order valence-corrected chi connectivity index (χ3v) is 5.79. The van der Waals surface area contributed by atoms with Crippen LogP contribution in [0.15, 0.2) is 90.2 Å². The van der Waals surface area contributed by atoms with Crippen molar-refractivity contribution in [1.82, 2.24) is 34.8 Å². The molecule has 0 radical (unpaired) electrons. The average molecular weight is 490 g/mol. The molecule has 0 unspecified atom stereocenters. The second-order valence-corrected chi connectivity index (χ2v) is 9.14. The fourth-order valence-corrected chi connectivity index (χ4v) is 3.77. The molecule has 0 atom stereocenters. The van der Waals surface area contributed by atoms with Crippen molar-refractivity contribution in [2.45, 2.75) is 41.0 Å². The Labute approximate surface area is 210 Å². The summed E-state index contributed by atoms with van der Waals surface area (Å²) in [5, 5.41) is 3.43. The first kappa shape index (κ1) is 26.5. The molecule has 0 spiro atoms. The predicted octanol–water partition coefficient (Wildman–Crippen LogP) is 5.31. The number of carbonyl (C=O) groups excluding carboxylic acids is 1. The van der Waals surface area contributed by atoms with E-state index >= 15 is 0 Å². The zero-order valence-corrected chi connectivity index (χ0v) is 21.3. The number of halogens is 1. The number of carbonyl (C=O) groups is 1. The van der Waals surface area contributed by atoms with Gasteiger partial charge in [-0.3, -0.25) is 4.79 Å². The largest absolute Gasteiger partial charge is 0.388 e. The van der Waals surface area contributed by atoms with E-state index in [4.69, 9.17) is 0 Å². The number of nitrogens with one attached hydrogen (secondary N) is 2. The van der Waals surface area contributed by atoms with Gasteiger partial charge in [-0.2, -0.15) is 4.39 Å². The number of H-pyrrole nitrogens is 1. The van der Waals surface area contributed by atoms with Crippen LogP contribution in [-0.4, -0.2) is 41.9 Å². The van der Waals surface area contributed by atoms with Gasteiger partial charge in [0, 0.05) is 30.7 Å². The lowest BCUT2D eigenvalue weighted by molar-refractivity contribution is 0.0972. The maximum absolute atomic E-state index is 13.6. The lowest BCUT2D eigenvalue weighted by Crippen LogP contribution is -2.31. The topological polar surface area (TPSA) is 101 Å². The van der Waals surface area contributed by atoms with Gasteiger partial charge in [0.2, 0.25) is 5.95 Å². The summed E-state index contributed by atoms with van der Waals surface area (Å²) in [5.74, 6) is -1.10. The van der Waals surface area contributed by atoms with Crippen molar-refractivity contribution < 1.29 is 9.18 Å². The summed E-state index contributed by atoms with van der Waals surface area (Å²) in [5.41, 5.74) is 4.69. The Kier molecular flexibility index (Phi) is 8.83. The van der Waals surface area contributed by atoms with Gasteiger partial charge in [-0.25, -0.2) is 24.5 Å². The highest BCUT2D eigenvalue weighted by Gasteiger charge is 2.26. The molecule has 9 heteroatoms. The van der Waals surface area contributed by atoms with E-state index in [1.165, 1.54) is 28.2 Å². The summed E-state index contributed by atoms with van der Waals surface area (Å²) >= 11 is 0. The minimum atomic E-state index is -0.746. The zero-order valence-electron chi connectivity index (χ0n) is 21.3. The summed E-state index contributed by atoms with van der Waals surface area (Å²) in [7, 11) is 0. The van der Waals surface area contributed by atoms with Crippen LogP contribution < -0.4 is 5.32 Å². The molecule has 2 N–H and O–H groups in total. The third kappa shape index (κ3) is 6.94. The summed E-state index contributed by atoms with van der Waals surface area (Å²) in [4.78, 5) is 30.2. The number of aromatic nitrogens is 6. The van der Waals surface area contributed by atoms with Crippen molar-refractivity contribution in [3.63, 3.8) is 0 Å². The molecule has 4 rings (SSSR count). The van der Waals surface area contributed by atoms with E-state index in [2.05, 4.69) is 63.2 Å². The highest BCUT2D eigenvalue weighted by molar-refractivity contribution is 5.96. The molecule has 0 aromatic carbocycles. The molecule has 8 nitrogen and oxygen atoms in total. The van der Waals surface area contributed by atoms with E-state index in [0.29, 0.717) is 0 Å². The molecule has 0 amide bonds. The standard InChI is InChI=1S/C24H28FN5O.C3H4N2/c1-16(9-10-19-18(3)26-12-11-24(19,4)5)7-6-8-17(2)13-20(31)30-15-29-21-22(25)27-14-28-23(21)30;1-2-5-3-4-1/h6-10,13-15,26H,11-12H2,1-5H3;1-3H,(H,4,5)/b8-6+,10-9+,16-7+,17-13+;. The van der Waals surface area contributed by atoms with E-state index in [1.54, 1.807) is 18.7 Å². The van der Waals surface area contributed by atoms with Gasteiger partial charge >= 0.3 is 0 Å². The maximum atomic E-state index is 13.6. The molecule has 0 aliphatic carbocycles. The Bertz CT molecular complexity index is 1320. The molecule has 4 heterocycles. The van der Waals surface area contributed by atoms with Crippen LogP contribution in [-0.2, 0) is 0 Å². The van der Waals surface area contributed by atoms with Crippen LogP contribution in [0.3, 0.4) is 0 Å². The first-order valence-electron chi connectivity index (χ1n) is 11.7. The van der Waals surface area contributed by atoms with Gasteiger partial charge in [-0.15, -0.1) is 0 Å². The second-order valence-electron chi connectivity index (χ2n) is 9.14. The highest BCUT2D eigenvalue weighted by atomic mass is 19.1. The Morgan fingerprint density at radius 2 is 1.97 bits per heavy atom. The number of hydrogen-bond donors (Lipinski definition) is 2.